The highest BCUT2D eigenvalue weighted by Crippen LogP contribution is 2.25. The molecule has 0 unspecified atom stereocenters. The average molecular weight is 457 g/mol. The molecule has 180 valence electrons. The van der Waals surface area contributed by atoms with E-state index in [9.17, 15) is 9.90 Å². The third-order valence-electron chi connectivity index (χ3n) is 6.19. The summed E-state index contributed by atoms with van der Waals surface area (Å²) in [5.74, 6) is 0.771. The van der Waals surface area contributed by atoms with Crippen LogP contribution >= 0.6 is 0 Å². The van der Waals surface area contributed by atoms with Gasteiger partial charge in [0.05, 0.1) is 19.3 Å². The number of rotatable bonds is 10. The molecule has 4 rings (SSSR count). The zero-order valence-electron chi connectivity index (χ0n) is 19.8. The Labute approximate surface area is 195 Å². The number of aryl methyl sites for hydroxylation is 2. The number of benzene rings is 1. The predicted octanol–water partition coefficient (Wildman–Crippen LogP) is 2.57. The lowest BCUT2D eigenvalue weighted by atomic mass is 10.1. The Morgan fingerprint density at radius 2 is 1.91 bits per heavy atom. The summed E-state index contributed by atoms with van der Waals surface area (Å²) in [6.45, 7) is 9.90. The van der Waals surface area contributed by atoms with E-state index in [1.54, 1.807) is 0 Å². The Hall–Kier alpha value is -2.26. The van der Waals surface area contributed by atoms with Crippen molar-refractivity contribution >= 4 is 11.6 Å². The molecule has 2 heterocycles. The maximum Gasteiger partial charge on any atom is 0.277 e. The maximum atomic E-state index is 12.6. The first-order chi connectivity index (χ1) is 16.0. The SMILES string of the molecule is CC(C)COC[C@H](O)CN1CCN(Cc2nc(C(=O)Nc3ccc4c(c3)CCC4)co2)CC1. The number of oxazole rings is 1. The highest BCUT2D eigenvalue weighted by Gasteiger charge is 2.22. The quantitative estimate of drug-likeness (QED) is 0.568. The molecule has 2 aliphatic rings. The number of aliphatic hydroxyl groups is 1. The lowest BCUT2D eigenvalue weighted by Crippen LogP contribution is -2.48. The first kappa shape index (κ1) is 23.9. The normalized spacial score (nSPS) is 17.9. The number of aromatic nitrogens is 1. The topological polar surface area (TPSA) is 91.1 Å². The number of amides is 1. The number of nitrogens with zero attached hydrogens (tertiary/aromatic N) is 3. The van der Waals surface area contributed by atoms with Crippen molar-refractivity contribution in [2.45, 2.75) is 45.8 Å². The van der Waals surface area contributed by atoms with Gasteiger partial charge in [-0.2, -0.15) is 0 Å². The minimum absolute atomic E-state index is 0.249. The van der Waals surface area contributed by atoms with Crippen molar-refractivity contribution in [3.05, 3.63) is 47.2 Å². The molecule has 1 amide bonds. The molecule has 0 spiro atoms. The van der Waals surface area contributed by atoms with Crippen molar-refractivity contribution in [2.24, 2.45) is 5.92 Å². The molecular formula is C25H36N4O4. The van der Waals surface area contributed by atoms with E-state index in [4.69, 9.17) is 9.15 Å². The molecule has 1 aliphatic heterocycles. The summed E-state index contributed by atoms with van der Waals surface area (Å²) in [5.41, 5.74) is 3.81. The van der Waals surface area contributed by atoms with E-state index in [0.29, 0.717) is 43.8 Å². The van der Waals surface area contributed by atoms with E-state index < -0.39 is 6.10 Å². The highest BCUT2D eigenvalue weighted by molar-refractivity contribution is 6.02. The average Bonchev–Trinajstić information content (AvgIpc) is 3.44. The second kappa shape index (κ2) is 11.2. The minimum Gasteiger partial charge on any atom is -0.447 e. The molecule has 1 saturated heterocycles. The lowest BCUT2D eigenvalue weighted by molar-refractivity contribution is -0.000850. The Bertz CT molecular complexity index is 921. The van der Waals surface area contributed by atoms with Crippen LogP contribution in [0, 0.1) is 5.92 Å². The van der Waals surface area contributed by atoms with Crippen LogP contribution < -0.4 is 5.32 Å². The summed E-state index contributed by atoms with van der Waals surface area (Å²) in [7, 11) is 0. The number of ether oxygens (including phenoxy) is 1. The van der Waals surface area contributed by atoms with E-state index >= 15 is 0 Å². The Morgan fingerprint density at radius 1 is 1.15 bits per heavy atom. The largest absolute Gasteiger partial charge is 0.447 e. The number of hydrogen-bond donors (Lipinski definition) is 2. The fourth-order valence-electron chi connectivity index (χ4n) is 4.44. The van der Waals surface area contributed by atoms with Gasteiger partial charge in [0.15, 0.2) is 5.69 Å². The second-order valence-corrected chi connectivity index (χ2v) is 9.58. The van der Waals surface area contributed by atoms with Gasteiger partial charge >= 0.3 is 0 Å². The van der Waals surface area contributed by atoms with Crippen molar-refractivity contribution in [1.29, 1.82) is 0 Å². The number of fused-ring (bicyclic) bond motifs is 1. The van der Waals surface area contributed by atoms with Crippen molar-refractivity contribution in [1.82, 2.24) is 14.8 Å². The van der Waals surface area contributed by atoms with Crippen molar-refractivity contribution in [3.8, 4) is 0 Å². The first-order valence-corrected chi connectivity index (χ1v) is 12.0. The molecular weight excluding hydrogens is 420 g/mol. The van der Waals surface area contributed by atoms with E-state index in [-0.39, 0.29) is 5.91 Å². The van der Waals surface area contributed by atoms with Gasteiger partial charge in [0.1, 0.15) is 6.26 Å². The standard InChI is InChI=1S/C25H36N4O4/c1-18(2)15-32-16-22(30)13-28-8-10-29(11-9-28)14-24-27-23(17-33-24)25(31)26-21-7-6-19-4-3-5-20(19)12-21/h6-7,12,17-18,22,30H,3-5,8-11,13-16H2,1-2H3,(H,26,31)/t22-/m1/s1. The molecule has 8 heteroatoms. The van der Waals surface area contributed by atoms with Gasteiger partial charge in [0.2, 0.25) is 5.89 Å². The zero-order valence-corrected chi connectivity index (χ0v) is 19.8. The van der Waals surface area contributed by atoms with Crippen LogP contribution in [0.4, 0.5) is 5.69 Å². The Morgan fingerprint density at radius 3 is 2.70 bits per heavy atom. The van der Waals surface area contributed by atoms with E-state index in [1.165, 1.54) is 23.8 Å². The van der Waals surface area contributed by atoms with Crippen LogP contribution in [0.15, 0.2) is 28.9 Å². The number of anilines is 1. The number of hydrogen-bond acceptors (Lipinski definition) is 7. The monoisotopic (exact) mass is 456 g/mol. The van der Waals surface area contributed by atoms with E-state index in [2.05, 4.69) is 46.1 Å². The summed E-state index contributed by atoms with van der Waals surface area (Å²) in [5, 5.41) is 13.1. The lowest BCUT2D eigenvalue weighted by Gasteiger charge is -2.34. The number of carbonyl (C=O) groups is 1. The molecule has 8 nitrogen and oxygen atoms in total. The summed E-state index contributed by atoms with van der Waals surface area (Å²) < 4.78 is 11.1. The molecule has 1 aromatic carbocycles. The maximum absolute atomic E-state index is 12.6. The van der Waals surface area contributed by atoms with Gasteiger partial charge in [0.25, 0.3) is 5.91 Å². The van der Waals surface area contributed by atoms with Crippen LogP contribution in [0.3, 0.4) is 0 Å². The molecule has 33 heavy (non-hydrogen) atoms. The summed E-state index contributed by atoms with van der Waals surface area (Å²) in [6.07, 6.45) is 4.35. The molecule has 1 aromatic heterocycles. The summed E-state index contributed by atoms with van der Waals surface area (Å²) in [6, 6.07) is 6.12. The third-order valence-corrected chi connectivity index (χ3v) is 6.19. The van der Waals surface area contributed by atoms with Crippen LogP contribution in [0.2, 0.25) is 0 Å². The minimum atomic E-state index is -0.464. The van der Waals surface area contributed by atoms with Gasteiger partial charge in [-0.25, -0.2) is 4.98 Å². The molecule has 0 saturated carbocycles. The third kappa shape index (κ3) is 6.86. The number of piperazine rings is 1. The molecule has 0 radical (unpaired) electrons. The van der Waals surface area contributed by atoms with Gasteiger partial charge in [0, 0.05) is 45.0 Å². The Kier molecular flexibility index (Phi) is 8.14. The van der Waals surface area contributed by atoms with Crippen molar-refractivity contribution < 1.29 is 19.1 Å². The van der Waals surface area contributed by atoms with Crippen LogP contribution in [0.25, 0.3) is 0 Å². The number of aliphatic hydroxyl groups excluding tert-OH is 1. The van der Waals surface area contributed by atoms with Crippen LogP contribution in [-0.2, 0) is 24.1 Å². The molecule has 1 atom stereocenters. The van der Waals surface area contributed by atoms with E-state index in [0.717, 1.165) is 44.7 Å². The summed E-state index contributed by atoms with van der Waals surface area (Å²) >= 11 is 0. The zero-order chi connectivity index (χ0) is 23.2. The number of nitrogens with one attached hydrogen (secondary N) is 1. The first-order valence-electron chi connectivity index (χ1n) is 12.0. The number of β-amino-alcohol motifs (C(OH)–C–C–N with tert-alkyl or cyclic N) is 1. The van der Waals surface area contributed by atoms with E-state index in [1.807, 2.05) is 6.07 Å². The number of carbonyl (C=O) groups excluding carboxylic acids is 1. The molecule has 1 aliphatic carbocycles. The molecule has 2 aromatic rings. The van der Waals surface area contributed by atoms with Gasteiger partial charge in [-0.1, -0.05) is 19.9 Å². The van der Waals surface area contributed by atoms with Crippen molar-refractivity contribution in [3.63, 3.8) is 0 Å². The fraction of sp³-hybridized carbons (Fsp3) is 0.600. The predicted molar refractivity (Wildman–Crippen MR) is 126 cm³/mol. The fourth-order valence-corrected chi connectivity index (χ4v) is 4.44. The molecule has 0 bridgehead atoms. The van der Waals surface area contributed by atoms with Gasteiger partial charge < -0.3 is 19.6 Å². The van der Waals surface area contributed by atoms with Gasteiger partial charge in [-0.3, -0.25) is 14.6 Å². The highest BCUT2D eigenvalue weighted by atomic mass is 16.5. The second-order valence-electron chi connectivity index (χ2n) is 9.58. The van der Waals surface area contributed by atoms with Crippen LogP contribution in [0.5, 0.6) is 0 Å². The summed E-state index contributed by atoms with van der Waals surface area (Å²) in [4.78, 5) is 21.5. The smallest absolute Gasteiger partial charge is 0.277 e. The van der Waals surface area contributed by atoms with Crippen LogP contribution in [-0.4, -0.2) is 77.8 Å². The molecule has 1 fully saturated rings. The van der Waals surface area contributed by atoms with Gasteiger partial charge in [-0.15, -0.1) is 0 Å². The Balaban J connectivity index is 1.20. The van der Waals surface area contributed by atoms with Crippen molar-refractivity contribution in [2.75, 3.05) is 51.3 Å². The molecule has 2 N–H and O–H groups in total. The van der Waals surface area contributed by atoms with Gasteiger partial charge in [-0.05, 0) is 48.4 Å². The van der Waals surface area contributed by atoms with Crippen LogP contribution in [0.1, 0.15) is 47.8 Å².